The van der Waals surface area contributed by atoms with Gasteiger partial charge in [0.05, 0.1) is 18.7 Å². The molecule has 4 rings (SSSR count). The number of rotatable bonds is 7. The van der Waals surface area contributed by atoms with Gasteiger partial charge in [0.25, 0.3) is 0 Å². The SMILES string of the molecule is Cc1cc(NCc2ccccc2OCCN2CCOCC2)c2ccccc2n1. The summed E-state index contributed by atoms with van der Waals surface area (Å²) in [5, 5.41) is 4.72. The van der Waals surface area contributed by atoms with Gasteiger partial charge in [-0.1, -0.05) is 36.4 Å². The number of hydrogen-bond acceptors (Lipinski definition) is 5. The molecule has 0 spiro atoms. The van der Waals surface area contributed by atoms with E-state index in [1.807, 2.05) is 31.2 Å². The predicted molar refractivity (Wildman–Crippen MR) is 113 cm³/mol. The van der Waals surface area contributed by atoms with Crippen LogP contribution >= 0.6 is 0 Å². The molecule has 146 valence electrons. The standard InChI is InChI=1S/C23H27N3O2/c1-18-16-22(20-7-3-4-8-21(20)25-18)24-17-19-6-2-5-9-23(19)28-15-12-26-10-13-27-14-11-26/h2-9,16H,10-15,17H2,1H3,(H,24,25). The van der Waals surface area contributed by atoms with E-state index in [0.717, 1.165) is 66.4 Å². The molecule has 0 bridgehead atoms. The number of ether oxygens (including phenoxy) is 2. The maximum atomic E-state index is 6.10. The van der Waals surface area contributed by atoms with Crippen molar-refractivity contribution in [3.63, 3.8) is 0 Å². The lowest BCUT2D eigenvalue weighted by atomic mass is 10.1. The molecule has 1 aliphatic heterocycles. The summed E-state index contributed by atoms with van der Waals surface area (Å²) in [5.74, 6) is 0.943. The summed E-state index contributed by atoms with van der Waals surface area (Å²) in [5.41, 5.74) is 4.28. The number of nitrogens with one attached hydrogen (secondary N) is 1. The number of hydrogen-bond donors (Lipinski definition) is 1. The van der Waals surface area contributed by atoms with E-state index in [1.165, 1.54) is 0 Å². The van der Waals surface area contributed by atoms with Gasteiger partial charge in [0.2, 0.25) is 0 Å². The summed E-state index contributed by atoms with van der Waals surface area (Å²) in [4.78, 5) is 7.00. The molecule has 5 nitrogen and oxygen atoms in total. The molecule has 1 N–H and O–H groups in total. The van der Waals surface area contributed by atoms with Gasteiger partial charge in [-0.05, 0) is 25.1 Å². The number of fused-ring (bicyclic) bond motifs is 1. The molecule has 0 saturated carbocycles. The minimum absolute atomic E-state index is 0.689. The second-order valence-corrected chi connectivity index (χ2v) is 7.09. The number of aryl methyl sites for hydroxylation is 1. The van der Waals surface area contributed by atoms with Crippen LogP contribution in [0.4, 0.5) is 5.69 Å². The first kappa shape index (κ1) is 18.7. The lowest BCUT2D eigenvalue weighted by molar-refractivity contribution is 0.0322. The molecule has 2 aromatic carbocycles. The third-order valence-electron chi connectivity index (χ3n) is 5.05. The van der Waals surface area contributed by atoms with Crippen molar-refractivity contribution >= 4 is 16.6 Å². The van der Waals surface area contributed by atoms with Crippen LogP contribution in [0.15, 0.2) is 54.6 Å². The first-order chi connectivity index (χ1) is 13.8. The van der Waals surface area contributed by atoms with Crippen LogP contribution in [0.3, 0.4) is 0 Å². The highest BCUT2D eigenvalue weighted by Crippen LogP contribution is 2.25. The lowest BCUT2D eigenvalue weighted by Crippen LogP contribution is -2.38. The zero-order valence-electron chi connectivity index (χ0n) is 16.4. The average Bonchev–Trinajstić information content (AvgIpc) is 2.73. The van der Waals surface area contributed by atoms with Crippen LogP contribution in [0.1, 0.15) is 11.3 Å². The number of pyridine rings is 1. The van der Waals surface area contributed by atoms with Crippen LogP contribution in [0.2, 0.25) is 0 Å². The topological polar surface area (TPSA) is 46.6 Å². The van der Waals surface area contributed by atoms with E-state index < -0.39 is 0 Å². The van der Waals surface area contributed by atoms with E-state index in [1.54, 1.807) is 0 Å². The summed E-state index contributed by atoms with van der Waals surface area (Å²) in [7, 11) is 0. The third-order valence-corrected chi connectivity index (χ3v) is 5.05. The minimum atomic E-state index is 0.689. The maximum absolute atomic E-state index is 6.10. The van der Waals surface area contributed by atoms with Crippen LogP contribution < -0.4 is 10.1 Å². The van der Waals surface area contributed by atoms with Gasteiger partial charge in [-0.25, -0.2) is 0 Å². The molecule has 5 heteroatoms. The molecule has 0 aliphatic carbocycles. The monoisotopic (exact) mass is 377 g/mol. The van der Waals surface area contributed by atoms with Crippen molar-refractivity contribution in [3.05, 3.63) is 65.9 Å². The quantitative estimate of drug-likeness (QED) is 0.677. The Labute approximate surface area is 166 Å². The van der Waals surface area contributed by atoms with Crippen molar-refractivity contribution in [3.8, 4) is 5.75 Å². The van der Waals surface area contributed by atoms with E-state index in [2.05, 4.69) is 45.5 Å². The molecular formula is C23H27N3O2. The van der Waals surface area contributed by atoms with Gasteiger partial charge in [0.15, 0.2) is 0 Å². The molecule has 1 saturated heterocycles. The second kappa shape index (κ2) is 9.04. The average molecular weight is 377 g/mol. The summed E-state index contributed by atoms with van der Waals surface area (Å²) < 4.78 is 11.5. The number of para-hydroxylation sites is 2. The molecule has 3 aromatic rings. The molecule has 0 unspecified atom stereocenters. The third kappa shape index (κ3) is 4.61. The Morgan fingerprint density at radius 2 is 1.86 bits per heavy atom. The number of aromatic nitrogens is 1. The fourth-order valence-electron chi connectivity index (χ4n) is 3.54. The van der Waals surface area contributed by atoms with Crippen molar-refractivity contribution in [1.82, 2.24) is 9.88 Å². The normalized spacial score (nSPS) is 14.9. The van der Waals surface area contributed by atoms with Gasteiger partial charge in [-0.2, -0.15) is 0 Å². The van der Waals surface area contributed by atoms with Crippen LogP contribution in [0.5, 0.6) is 5.75 Å². The molecule has 0 amide bonds. The van der Waals surface area contributed by atoms with E-state index in [-0.39, 0.29) is 0 Å². The molecule has 1 aromatic heterocycles. The van der Waals surface area contributed by atoms with E-state index in [4.69, 9.17) is 9.47 Å². The van der Waals surface area contributed by atoms with Crippen molar-refractivity contribution in [2.75, 3.05) is 44.8 Å². The summed E-state index contributed by atoms with van der Waals surface area (Å²) in [6, 6.07) is 18.6. The highest BCUT2D eigenvalue weighted by atomic mass is 16.5. The Hall–Kier alpha value is -2.63. The molecule has 1 fully saturated rings. The van der Waals surface area contributed by atoms with Crippen molar-refractivity contribution in [2.24, 2.45) is 0 Å². The number of anilines is 1. The smallest absolute Gasteiger partial charge is 0.124 e. The molecule has 0 atom stereocenters. The Kier molecular flexibility index (Phi) is 6.04. The molecule has 28 heavy (non-hydrogen) atoms. The van der Waals surface area contributed by atoms with Gasteiger partial charge < -0.3 is 14.8 Å². The van der Waals surface area contributed by atoms with Crippen LogP contribution in [0, 0.1) is 6.92 Å². The Balaban J connectivity index is 1.41. The fraction of sp³-hybridized carbons (Fsp3) is 0.348. The number of morpholine rings is 1. The molecule has 0 radical (unpaired) electrons. The van der Waals surface area contributed by atoms with Crippen molar-refractivity contribution in [1.29, 1.82) is 0 Å². The van der Waals surface area contributed by atoms with Crippen molar-refractivity contribution in [2.45, 2.75) is 13.5 Å². The van der Waals surface area contributed by atoms with Gasteiger partial charge in [-0.15, -0.1) is 0 Å². The Bertz CT molecular complexity index is 923. The molecule has 1 aliphatic rings. The van der Waals surface area contributed by atoms with Crippen molar-refractivity contribution < 1.29 is 9.47 Å². The van der Waals surface area contributed by atoms with E-state index >= 15 is 0 Å². The van der Waals surface area contributed by atoms with E-state index in [0.29, 0.717) is 13.2 Å². The lowest BCUT2D eigenvalue weighted by Gasteiger charge is -2.26. The zero-order chi connectivity index (χ0) is 19.2. The van der Waals surface area contributed by atoms with Gasteiger partial charge >= 0.3 is 0 Å². The first-order valence-electron chi connectivity index (χ1n) is 9.91. The number of nitrogens with zero attached hydrogens (tertiary/aromatic N) is 2. The van der Waals surface area contributed by atoms with E-state index in [9.17, 15) is 0 Å². The highest BCUT2D eigenvalue weighted by Gasteiger charge is 2.11. The Morgan fingerprint density at radius 1 is 1.07 bits per heavy atom. The first-order valence-corrected chi connectivity index (χ1v) is 9.91. The highest BCUT2D eigenvalue weighted by molar-refractivity contribution is 5.91. The predicted octanol–water partition coefficient (Wildman–Crippen LogP) is 3.87. The van der Waals surface area contributed by atoms with Crippen LogP contribution in [-0.2, 0) is 11.3 Å². The molecule has 2 heterocycles. The van der Waals surface area contributed by atoms with Crippen LogP contribution in [-0.4, -0.2) is 49.3 Å². The summed E-state index contributed by atoms with van der Waals surface area (Å²) in [6.07, 6.45) is 0. The van der Waals surface area contributed by atoms with Gasteiger partial charge in [0, 0.05) is 48.5 Å². The largest absolute Gasteiger partial charge is 0.492 e. The number of benzene rings is 2. The fourth-order valence-corrected chi connectivity index (χ4v) is 3.54. The van der Waals surface area contributed by atoms with Crippen LogP contribution in [0.25, 0.3) is 10.9 Å². The maximum Gasteiger partial charge on any atom is 0.124 e. The zero-order valence-corrected chi connectivity index (χ0v) is 16.4. The Morgan fingerprint density at radius 3 is 2.75 bits per heavy atom. The van der Waals surface area contributed by atoms with Gasteiger partial charge in [0.1, 0.15) is 12.4 Å². The molecular weight excluding hydrogens is 350 g/mol. The summed E-state index contributed by atoms with van der Waals surface area (Å²) in [6.45, 7) is 7.97. The van der Waals surface area contributed by atoms with Gasteiger partial charge in [-0.3, -0.25) is 9.88 Å². The summed E-state index contributed by atoms with van der Waals surface area (Å²) >= 11 is 0. The second-order valence-electron chi connectivity index (χ2n) is 7.09. The minimum Gasteiger partial charge on any atom is -0.492 e.